The highest BCUT2D eigenvalue weighted by Crippen LogP contribution is 2.47. The van der Waals surface area contributed by atoms with Crippen LogP contribution in [-0.4, -0.2) is 102 Å². The van der Waals surface area contributed by atoms with Gasteiger partial charge in [0.1, 0.15) is 37.5 Å². The van der Waals surface area contributed by atoms with E-state index in [9.17, 15) is 9.90 Å². The van der Waals surface area contributed by atoms with E-state index in [0.29, 0.717) is 70.7 Å². The summed E-state index contributed by atoms with van der Waals surface area (Å²) < 4.78 is 30.3. The molecule has 1 N–H and O–H groups in total. The number of rotatable bonds is 11. The van der Waals surface area contributed by atoms with E-state index in [1.165, 1.54) is 0 Å². The van der Waals surface area contributed by atoms with E-state index in [-0.39, 0.29) is 34.8 Å². The number of anilines is 1. The molecule has 4 atom stereocenters. The second-order valence-electron chi connectivity index (χ2n) is 19.1. The van der Waals surface area contributed by atoms with Gasteiger partial charge < -0.3 is 19.5 Å². The predicted molar refractivity (Wildman–Crippen MR) is 240 cm³/mol. The van der Waals surface area contributed by atoms with Gasteiger partial charge in [0.2, 0.25) is 0 Å². The molecule has 4 fully saturated rings. The van der Waals surface area contributed by atoms with Gasteiger partial charge in [-0.1, -0.05) is 86.3 Å². The maximum absolute atomic E-state index is 17.7. The van der Waals surface area contributed by atoms with Crippen LogP contribution in [0.4, 0.5) is 15.0 Å². The molecule has 4 aliphatic rings. The first-order valence-corrected chi connectivity index (χ1v) is 24.6. The summed E-state index contributed by atoms with van der Waals surface area (Å²) in [6, 6.07) is 9.55. The van der Waals surface area contributed by atoms with E-state index in [0.717, 1.165) is 68.0 Å². The first-order chi connectivity index (χ1) is 28.7. The largest absolute Gasteiger partial charge is 0.496 e. The highest BCUT2D eigenvalue weighted by Gasteiger charge is 2.52. The number of methoxy groups -OCH3 is 1. The molecule has 0 radical (unpaired) electrons. The van der Waals surface area contributed by atoms with Gasteiger partial charge in [0.25, 0.3) is 0 Å². The molecule has 4 saturated heterocycles. The lowest BCUT2D eigenvalue weighted by Gasteiger charge is -2.40. The molecule has 0 saturated carbocycles. The monoisotopic (exact) mass is 834 g/mol. The third kappa shape index (κ3) is 7.07. The Morgan fingerprint density at radius 2 is 1.58 bits per heavy atom. The maximum atomic E-state index is 17.7. The molecule has 2 unspecified atom stereocenters. The van der Waals surface area contributed by atoms with Crippen LogP contribution in [0, 0.1) is 29.1 Å². The smallest absolute Gasteiger partial charge is 0.407 e. The van der Waals surface area contributed by atoms with E-state index >= 15 is 4.39 Å². The zero-order chi connectivity index (χ0) is 42.7. The second kappa shape index (κ2) is 16.4. The van der Waals surface area contributed by atoms with E-state index in [1.54, 1.807) is 18.2 Å². The molecule has 320 valence electrons. The van der Waals surface area contributed by atoms with E-state index in [1.807, 2.05) is 30.3 Å². The van der Waals surface area contributed by atoms with Crippen molar-refractivity contribution in [1.82, 2.24) is 24.8 Å². The molecule has 1 amide bonds. The first kappa shape index (κ1) is 42.2. The molecule has 6 heterocycles. The standard InChI is InChI=1S/C48H63FN6O4Si/c1-10-32-21-48(22-33(11-2)25-54(48)24-32)28-59-46-51-44-39(45(52-46)53-26-35-15-16-36(27-53)55(35)47(56)57)23-50-43(42(44)49)38-17-18-40(58-9)37-14-12-13-34(41(37)38)19-20-60(29(3)4,30(5)6)31(7)8/h12-14,17-18,23,29-33,35-36H,10-11,15-16,21-22,24-28H2,1-9H3,(H,56,57)/t32?,33?,35-,36+,48?. The number of carboxylic acid groups (broad SMARTS) is 1. The average Bonchev–Trinajstić information content (AvgIpc) is 3.84. The number of ether oxygens (including phenoxy) is 2. The molecule has 2 bridgehead atoms. The van der Waals surface area contributed by atoms with Crippen LogP contribution in [-0.2, 0) is 0 Å². The van der Waals surface area contributed by atoms with Crippen molar-refractivity contribution in [1.29, 1.82) is 0 Å². The van der Waals surface area contributed by atoms with E-state index in [2.05, 4.69) is 76.7 Å². The Labute approximate surface area is 356 Å². The van der Waals surface area contributed by atoms with Gasteiger partial charge in [-0.3, -0.25) is 14.8 Å². The summed E-state index contributed by atoms with van der Waals surface area (Å²) in [6.45, 7) is 21.8. The van der Waals surface area contributed by atoms with Gasteiger partial charge in [-0.05, 0) is 72.3 Å². The number of piperazine rings is 1. The fourth-order valence-electron chi connectivity index (χ4n) is 12.0. The number of benzene rings is 2. The van der Waals surface area contributed by atoms with Crippen LogP contribution in [0.1, 0.15) is 99.5 Å². The Morgan fingerprint density at radius 3 is 2.17 bits per heavy atom. The molecule has 4 aromatic rings. The quantitative estimate of drug-likeness (QED) is 0.117. The zero-order valence-electron chi connectivity index (χ0n) is 37.0. The molecule has 4 aliphatic heterocycles. The number of amides is 1. The molecule has 2 aromatic carbocycles. The molecule has 8 rings (SSSR count). The number of carbonyl (C=O) groups is 1. The van der Waals surface area contributed by atoms with Crippen molar-refractivity contribution < 1.29 is 23.8 Å². The lowest BCUT2D eigenvalue weighted by atomic mass is 9.86. The van der Waals surface area contributed by atoms with E-state index in [4.69, 9.17) is 24.4 Å². The van der Waals surface area contributed by atoms with Gasteiger partial charge in [-0.2, -0.15) is 9.97 Å². The van der Waals surface area contributed by atoms with Crippen LogP contribution < -0.4 is 14.4 Å². The number of hydrogen-bond acceptors (Lipinski definition) is 8. The van der Waals surface area contributed by atoms with Crippen molar-refractivity contribution in [3.8, 4) is 34.5 Å². The van der Waals surface area contributed by atoms with Crippen molar-refractivity contribution in [3.63, 3.8) is 0 Å². The number of nitrogens with zero attached hydrogens (tertiary/aromatic N) is 6. The highest BCUT2D eigenvalue weighted by atomic mass is 28.3. The van der Waals surface area contributed by atoms with Gasteiger partial charge in [0.05, 0.1) is 30.1 Å². The minimum absolute atomic E-state index is 0.103. The molecule has 2 aromatic heterocycles. The fraction of sp³-hybridized carbons (Fsp3) is 0.583. The van der Waals surface area contributed by atoms with Crippen molar-refractivity contribution in [3.05, 3.63) is 47.9 Å². The normalized spacial score (nSPS) is 24.2. The molecule has 0 spiro atoms. The molecule has 0 aliphatic carbocycles. The Bertz CT molecular complexity index is 2290. The molecule has 12 heteroatoms. The van der Waals surface area contributed by atoms with Gasteiger partial charge in [-0.25, -0.2) is 9.18 Å². The Morgan fingerprint density at radius 1 is 0.933 bits per heavy atom. The van der Waals surface area contributed by atoms with Crippen LogP contribution in [0.2, 0.25) is 16.6 Å². The summed E-state index contributed by atoms with van der Waals surface area (Å²) in [6.07, 6.45) is 6.71. The number of halogens is 1. The van der Waals surface area contributed by atoms with Crippen molar-refractivity contribution in [2.45, 2.75) is 128 Å². The SMILES string of the molecule is CCC1CN2CC(CC)CC2(COc2nc(N3C[C@H]4CC[C@@H](C3)N4C(=O)O)c3cnc(-c4ccc(OC)c5cccc(C#C[Si](C(C)C)(C(C)C)C(C)C)c45)c(F)c3n2)C1. The van der Waals surface area contributed by atoms with Gasteiger partial charge in [-0.15, -0.1) is 5.54 Å². The van der Waals surface area contributed by atoms with Crippen molar-refractivity contribution in [2.24, 2.45) is 11.8 Å². The van der Waals surface area contributed by atoms with Crippen molar-refractivity contribution >= 4 is 41.7 Å². The number of aromatic nitrogens is 3. The average molecular weight is 835 g/mol. The fourth-order valence-corrected chi connectivity index (χ4v) is 17.2. The van der Waals surface area contributed by atoms with Crippen LogP contribution in [0.5, 0.6) is 11.8 Å². The summed E-state index contributed by atoms with van der Waals surface area (Å²) in [7, 11) is -0.452. The summed E-state index contributed by atoms with van der Waals surface area (Å²) in [4.78, 5) is 33.3. The molecule has 60 heavy (non-hydrogen) atoms. The molecular formula is C48H63FN6O4Si. The Balaban J connectivity index is 1.27. The lowest BCUT2D eigenvalue weighted by Crippen LogP contribution is -2.55. The summed E-state index contributed by atoms with van der Waals surface area (Å²) in [5.74, 6) is 5.53. The zero-order valence-corrected chi connectivity index (χ0v) is 38.0. The summed E-state index contributed by atoms with van der Waals surface area (Å²) in [5.41, 5.74) is 6.87. The number of pyridine rings is 1. The van der Waals surface area contributed by atoms with Crippen molar-refractivity contribution in [2.75, 3.05) is 44.8 Å². The van der Waals surface area contributed by atoms with Gasteiger partial charge in [0.15, 0.2) is 5.82 Å². The third-order valence-electron chi connectivity index (χ3n) is 15.0. The molecule has 10 nitrogen and oxygen atoms in total. The minimum Gasteiger partial charge on any atom is -0.496 e. The van der Waals surface area contributed by atoms with Crippen LogP contribution in [0.15, 0.2) is 36.5 Å². The van der Waals surface area contributed by atoms with Gasteiger partial charge in [0, 0.05) is 54.3 Å². The second-order valence-corrected chi connectivity index (χ2v) is 24.6. The topological polar surface area (TPSA) is 104 Å². The lowest BCUT2D eigenvalue weighted by molar-refractivity contribution is 0.107. The maximum Gasteiger partial charge on any atom is 0.407 e. The summed E-state index contributed by atoms with van der Waals surface area (Å²) in [5, 5.41) is 12.1. The Hall–Kier alpha value is -4.47. The summed E-state index contributed by atoms with van der Waals surface area (Å²) >= 11 is 0. The highest BCUT2D eigenvalue weighted by molar-refractivity contribution is 6.90. The van der Waals surface area contributed by atoms with Crippen LogP contribution in [0.25, 0.3) is 32.9 Å². The third-order valence-corrected chi connectivity index (χ3v) is 21.3. The van der Waals surface area contributed by atoms with Gasteiger partial charge >= 0.3 is 12.1 Å². The predicted octanol–water partition coefficient (Wildman–Crippen LogP) is 10.2. The van der Waals surface area contributed by atoms with E-state index < -0.39 is 20.0 Å². The Kier molecular flexibility index (Phi) is 11.6. The number of fused-ring (bicyclic) bond motifs is 5. The number of hydrogen-bond donors (Lipinski definition) is 1. The van der Waals surface area contributed by atoms with Crippen LogP contribution >= 0.6 is 0 Å². The molecular weight excluding hydrogens is 772 g/mol. The first-order valence-electron chi connectivity index (χ1n) is 22.4. The minimum atomic E-state index is -2.10. The van der Waals surface area contributed by atoms with Crippen LogP contribution in [0.3, 0.4) is 0 Å².